The fourth-order valence-corrected chi connectivity index (χ4v) is 2.79. The number of amides is 2. The molecule has 6 heteroatoms. The van der Waals surface area contributed by atoms with Gasteiger partial charge in [-0.05, 0) is 37.1 Å². The highest BCUT2D eigenvalue weighted by Gasteiger charge is 2.12. The van der Waals surface area contributed by atoms with Gasteiger partial charge < -0.3 is 16.4 Å². The summed E-state index contributed by atoms with van der Waals surface area (Å²) >= 11 is 0. The van der Waals surface area contributed by atoms with E-state index in [2.05, 4.69) is 22.8 Å². The number of nitrogens with one attached hydrogen (secondary N) is 2. The third kappa shape index (κ3) is 7.21. The molecule has 0 atom stereocenters. The molecule has 0 radical (unpaired) electrons. The van der Waals surface area contributed by atoms with Gasteiger partial charge in [-0.1, -0.05) is 36.4 Å². The molecule has 0 heterocycles. The van der Waals surface area contributed by atoms with Crippen LogP contribution in [0.1, 0.15) is 22.8 Å². The minimum atomic E-state index is -0.152. The molecule has 0 aromatic heterocycles. The zero-order chi connectivity index (χ0) is 19.5. The Morgan fingerprint density at radius 3 is 2.52 bits per heavy atom. The first kappa shape index (κ1) is 20.6. The Morgan fingerprint density at radius 2 is 1.81 bits per heavy atom. The Morgan fingerprint density at radius 1 is 1.04 bits per heavy atom. The third-order valence-corrected chi connectivity index (χ3v) is 4.12. The molecule has 2 rings (SSSR count). The van der Waals surface area contributed by atoms with Gasteiger partial charge in [0.05, 0.1) is 6.54 Å². The van der Waals surface area contributed by atoms with Crippen LogP contribution in [0.15, 0.2) is 54.6 Å². The monoisotopic (exact) mass is 368 g/mol. The summed E-state index contributed by atoms with van der Waals surface area (Å²) in [7, 11) is 0. The second-order valence-electron chi connectivity index (χ2n) is 6.29. The minimum Gasteiger partial charge on any atom is -0.352 e. The lowest BCUT2D eigenvalue weighted by Crippen LogP contribution is -2.38. The van der Waals surface area contributed by atoms with Crippen LogP contribution >= 0.6 is 0 Å². The van der Waals surface area contributed by atoms with Gasteiger partial charge in [0.15, 0.2) is 0 Å². The maximum atomic E-state index is 12.4. The van der Waals surface area contributed by atoms with Gasteiger partial charge in [0.2, 0.25) is 5.91 Å². The summed E-state index contributed by atoms with van der Waals surface area (Å²) in [6.45, 7) is 4.59. The van der Waals surface area contributed by atoms with E-state index in [0.29, 0.717) is 30.9 Å². The van der Waals surface area contributed by atoms with E-state index in [-0.39, 0.29) is 18.4 Å². The molecule has 0 fully saturated rings. The van der Waals surface area contributed by atoms with Crippen LogP contribution in [0.4, 0.5) is 5.69 Å². The van der Waals surface area contributed by atoms with E-state index in [1.165, 1.54) is 5.56 Å². The van der Waals surface area contributed by atoms with E-state index in [1.54, 1.807) is 24.3 Å². The average molecular weight is 368 g/mol. The number of benzene rings is 2. The van der Waals surface area contributed by atoms with E-state index >= 15 is 0 Å². The topological polar surface area (TPSA) is 87.5 Å². The number of nitrogens with zero attached hydrogens (tertiary/aromatic N) is 1. The summed E-state index contributed by atoms with van der Waals surface area (Å²) in [5.41, 5.74) is 8.06. The van der Waals surface area contributed by atoms with E-state index in [9.17, 15) is 9.59 Å². The van der Waals surface area contributed by atoms with Crippen LogP contribution in [-0.4, -0.2) is 49.4 Å². The highest BCUT2D eigenvalue weighted by Crippen LogP contribution is 2.11. The number of nitrogens with two attached hydrogens (primary N) is 1. The third-order valence-electron chi connectivity index (χ3n) is 4.12. The number of rotatable bonds is 10. The van der Waals surface area contributed by atoms with Gasteiger partial charge in [-0.15, -0.1) is 0 Å². The molecule has 0 bridgehead atoms. The molecular weight excluding hydrogens is 340 g/mol. The smallest absolute Gasteiger partial charge is 0.251 e. The van der Waals surface area contributed by atoms with Crippen LogP contribution in [0.5, 0.6) is 0 Å². The van der Waals surface area contributed by atoms with Crippen molar-refractivity contribution in [2.24, 2.45) is 5.73 Å². The van der Waals surface area contributed by atoms with Gasteiger partial charge >= 0.3 is 0 Å². The van der Waals surface area contributed by atoms with Crippen LogP contribution in [0.3, 0.4) is 0 Å². The van der Waals surface area contributed by atoms with Crippen molar-refractivity contribution < 1.29 is 9.59 Å². The van der Waals surface area contributed by atoms with Crippen molar-refractivity contribution in [2.45, 2.75) is 13.3 Å². The summed E-state index contributed by atoms with van der Waals surface area (Å²) in [4.78, 5) is 26.4. The molecule has 0 unspecified atom stereocenters. The van der Waals surface area contributed by atoms with E-state index in [1.807, 2.05) is 30.0 Å². The molecule has 0 aliphatic heterocycles. The van der Waals surface area contributed by atoms with Crippen LogP contribution in [0, 0.1) is 0 Å². The lowest BCUT2D eigenvalue weighted by molar-refractivity contribution is -0.117. The van der Waals surface area contributed by atoms with Crippen LogP contribution in [-0.2, 0) is 11.2 Å². The molecule has 2 aromatic carbocycles. The number of carbonyl (C=O) groups is 2. The summed E-state index contributed by atoms with van der Waals surface area (Å²) < 4.78 is 0. The number of hydrogen-bond donors (Lipinski definition) is 3. The van der Waals surface area contributed by atoms with E-state index in [0.717, 1.165) is 13.0 Å². The average Bonchev–Trinajstić information content (AvgIpc) is 2.67. The van der Waals surface area contributed by atoms with Crippen LogP contribution < -0.4 is 16.4 Å². The van der Waals surface area contributed by atoms with Gasteiger partial charge in [0.25, 0.3) is 5.91 Å². The van der Waals surface area contributed by atoms with Gasteiger partial charge in [-0.25, -0.2) is 0 Å². The number of carbonyl (C=O) groups excluding carboxylic acids is 2. The first-order valence-electron chi connectivity index (χ1n) is 9.26. The van der Waals surface area contributed by atoms with Gasteiger partial charge in [-0.3, -0.25) is 14.5 Å². The fraction of sp³-hybridized carbons (Fsp3) is 0.333. The predicted octanol–water partition coefficient (Wildman–Crippen LogP) is 1.88. The zero-order valence-corrected chi connectivity index (χ0v) is 15.8. The van der Waals surface area contributed by atoms with Crippen LogP contribution in [0.25, 0.3) is 0 Å². The summed E-state index contributed by atoms with van der Waals surface area (Å²) in [5, 5.41) is 5.61. The quantitative estimate of drug-likeness (QED) is 0.597. The summed E-state index contributed by atoms with van der Waals surface area (Å²) in [5.74, 6) is -0.272. The lowest BCUT2D eigenvalue weighted by atomic mass is 10.1. The molecule has 2 amide bonds. The Balaban J connectivity index is 1.91. The molecule has 0 saturated carbocycles. The molecule has 6 nitrogen and oxygen atoms in total. The Kier molecular flexibility index (Phi) is 8.48. The summed E-state index contributed by atoms with van der Waals surface area (Å²) in [6.07, 6.45) is 0.862. The van der Waals surface area contributed by atoms with Crippen LogP contribution in [0.2, 0.25) is 0 Å². The maximum absolute atomic E-state index is 12.4. The first-order chi connectivity index (χ1) is 13.1. The zero-order valence-electron chi connectivity index (χ0n) is 15.8. The molecule has 0 saturated heterocycles. The van der Waals surface area contributed by atoms with Gasteiger partial charge in [0.1, 0.15) is 0 Å². The Labute approximate surface area is 160 Å². The molecule has 0 aliphatic rings. The standard InChI is InChI=1S/C21H28N4O2/c1-2-23-21(27)18-9-6-10-19(15-18)24-20(26)16-25(14-12-22)13-11-17-7-4-3-5-8-17/h3-10,15H,2,11-14,16,22H2,1H3,(H,23,27)(H,24,26). The molecule has 27 heavy (non-hydrogen) atoms. The van der Waals surface area contributed by atoms with Crippen molar-refractivity contribution in [1.29, 1.82) is 0 Å². The van der Waals surface area contributed by atoms with Gasteiger partial charge in [-0.2, -0.15) is 0 Å². The molecule has 2 aromatic rings. The highest BCUT2D eigenvalue weighted by atomic mass is 16.2. The number of anilines is 1. The van der Waals surface area contributed by atoms with Crippen molar-refractivity contribution >= 4 is 17.5 Å². The normalized spacial score (nSPS) is 10.6. The SMILES string of the molecule is CCNC(=O)c1cccc(NC(=O)CN(CCN)CCc2ccccc2)c1. The lowest BCUT2D eigenvalue weighted by Gasteiger charge is -2.21. The van der Waals surface area contributed by atoms with Crippen molar-refractivity contribution in [3.05, 3.63) is 65.7 Å². The molecule has 4 N–H and O–H groups in total. The fourth-order valence-electron chi connectivity index (χ4n) is 2.79. The molecule has 0 aliphatic carbocycles. The maximum Gasteiger partial charge on any atom is 0.251 e. The van der Waals surface area contributed by atoms with Crippen molar-refractivity contribution in [2.75, 3.05) is 38.0 Å². The van der Waals surface area contributed by atoms with E-state index < -0.39 is 0 Å². The van der Waals surface area contributed by atoms with E-state index in [4.69, 9.17) is 5.73 Å². The Hall–Kier alpha value is -2.70. The number of hydrogen-bond acceptors (Lipinski definition) is 4. The second kappa shape index (κ2) is 11.1. The second-order valence-corrected chi connectivity index (χ2v) is 6.29. The van der Waals surface area contributed by atoms with Crippen molar-refractivity contribution in [3.8, 4) is 0 Å². The highest BCUT2D eigenvalue weighted by molar-refractivity contribution is 5.97. The predicted molar refractivity (Wildman–Crippen MR) is 109 cm³/mol. The molecular formula is C21H28N4O2. The minimum absolute atomic E-state index is 0.121. The largest absolute Gasteiger partial charge is 0.352 e. The van der Waals surface area contributed by atoms with Crippen molar-refractivity contribution in [3.63, 3.8) is 0 Å². The van der Waals surface area contributed by atoms with Gasteiger partial charge in [0, 0.05) is 37.4 Å². The molecule has 0 spiro atoms. The first-order valence-corrected chi connectivity index (χ1v) is 9.26. The van der Waals surface area contributed by atoms with Crippen molar-refractivity contribution in [1.82, 2.24) is 10.2 Å². The summed E-state index contributed by atoms with van der Waals surface area (Å²) in [6, 6.07) is 17.1. The Bertz CT molecular complexity index is 734. The molecule has 144 valence electrons.